The summed E-state index contributed by atoms with van der Waals surface area (Å²) in [5, 5.41) is 3.52. The Balaban J connectivity index is 1.69. The molecule has 2 aromatic carbocycles. The molecule has 0 spiro atoms. The van der Waals surface area contributed by atoms with Gasteiger partial charge in [-0.05, 0) is 31.5 Å². The summed E-state index contributed by atoms with van der Waals surface area (Å²) in [5.41, 5.74) is 3.90. The van der Waals surface area contributed by atoms with Gasteiger partial charge in [-0.15, -0.1) is 0 Å². The molecule has 0 fully saturated rings. The molecule has 0 saturated carbocycles. The number of benzene rings is 2. The van der Waals surface area contributed by atoms with E-state index in [9.17, 15) is 9.59 Å². The first-order valence-electron chi connectivity index (χ1n) is 8.53. The van der Waals surface area contributed by atoms with Gasteiger partial charge in [-0.25, -0.2) is 4.79 Å². The SMILES string of the molecule is COCc1c(C(=O)OCC(=O)Nc2ccc(C)cc2C)oc2ccccc12. The Morgan fingerprint density at radius 1 is 1.11 bits per heavy atom. The molecular formula is C21H21NO5. The van der Waals surface area contributed by atoms with E-state index in [0.717, 1.165) is 16.5 Å². The minimum Gasteiger partial charge on any atom is -0.450 e. The van der Waals surface area contributed by atoms with Crippen molar-refractivity contribution in [3.05, 3.63) is 64.9 Å². The molecule has 1 aromatic heterocycles. The number of anilines is 1. The standard InChI is InChI=1S/C21H21NO5/c1-13-8-9-17(14(2)10-13)22-19(23)12-26-21(24)20-16(11-25-3)15-6-4-5-7-18(15)27-20/h4-10H,11-12H2,1-3H3,(H,22,23). The fraction of sp³-hybridized carbons (Fsp3) is 0.238. The van der Waals surface area contributed by atoms with Crippen LogP contribution in [0, 0.1) is 13.8 Å². The van der Waals surface area contributed by atoms with Crippen LogP contribution in [0.25, 0.3) is 11.0 Å². The fourth-order valence-electron chi connectivity index (χ4n) is 2.89. The lowest BCUT2D eigenvalue weighted by molar-refractivity contribution is -0.119. The minimum atomic E-state index is -0.700. The Morgan fingerprint density at radius 3 is 2.63 bits per heavy atom. The van der Waals surface area contributed by atoms with Gasteiger partial charge in [-0.1, -0.05) is 35.9 Å². The van der Waals surface area contributed by atoms with Gasteiger partial charge in [0.15, 0.2) is 6.61 Å². The summed E-state index contributed by atoms with van der Waals surface area (Å²) < 4.78 is 15.9. The molecule has 0 aliphatic rings. The Kier molecular flexibility index (Phi) is 5.57. The third-order valence-corrected chi connectivity index (χ3v) is 4.16. The van der Waals surface area contributed by atoms with Gasteiger partial charge < -0.3 is 19.2 Å². The normalized spacial score (nSPS) is 10.8. The topological polar surface area (TPSA) is 77.8 Å². The monoisotopic (exact) mass is 367 g/mol. The predicted molar refractivity (Wildman–Crippen MR) is 102 cm³/mol. The van der Waals surface area contributed by atoms with Gasteiger partial charge in [0.25, 0.3) is 5.91 Å². The highest BCUT2D eigenvalue weighted by molar-refractivity contribution is 5.98. The number of fused-ring (bicyclic) bond motifs is 1. The van der Waals surface area contributed by atoms with Crippen molar-refractivity contribution in [1.82, 2.24) is 0 Å². The highest BCUT2D eigenvalue weighted by atomic mass is 16.5. The van der Waals surface area contributed by atoms with Crippen LogP contribution < -0.4 is 5.32 Å². The Labute approximate surface area is 157 Å². The van der Waals surface area contributed by atoms with Crippen molar-refractivity contribution in [2.75, 3.05) is 19.0 Å². The lowest BCUT2D eigenvalue weighted by Crippen LogP contribution is -2.21. The molecule has 6 nitrogen and oxygen atoms in total. The van der Waals surface area contributed by atoms with Crippen molar-refractivity contribution in [1.29, 1.82) is 0 Å². The maximum atomic E-state index is 12.4. The van der Waals surface area contributed by atoms with Crippen LogP contribution in [0.1, 0.15) is 27.2 Å². The molecule has 0 aliphatic carbocycles. The van der Waals surface area contributed by atoms with Crippen LogP contribution in [-0.4, -0.2) is 25.6 Å². The highest BCUT2D eigenvalue weighted by Gasteiger charge is 2.22. The van der Waals surface area contributed by atoms with Crippen LogP contribution in [-0.2, 0) is 20.9 Å². The minimum absolute atomic E-state index is 0.0531. The van der Waals surface area contributed by atoms with Crippen LogP contribution >= 0.6 is 0 Å². The van der Waals surface area contributed by atoms with E-state index in [2.05, 4.69) is 5.32 Å². The van der Waals surface area contributed by atoms with E-state index in [4.69, 9.17) is 13.9 Å². The number of rotatable bonds is 6. The molecular weight excluding hydrogens is 346 g/mol. The van der Waals surface area contributed by atoms with Gasteiger partial charge in [-0.3, -0.25) is 4.79 Å². The molecule has 0 bridgehead atoms. The molecule has 1 N–H and O–H groups in total. The smallest absolute Gasteiger partial charge is 0.375 e. The second-order valence-corrected chi connectivity index (χ2v) is 6.28. The molecule has 0 atom stereocenters. The van der Waals surface area contributed by atoms with Crippen LogP contribution in [0.15, 0.2) is 46.9 Å². The number of aryl methyl sites for hydroxylation is 2. The molecule has 27 heavy (non-hydrogen) atoms. The molecule has 6 heteroatoms. The van der Waals surface area contributed by atoms with Crippen molar-refractivity contribution < 1.29 is 23.5 Å². The number of ether oxygens (including phenoxy) is 2. The number of para-hydroxylation sites is 1. The maximum absolute atomic E-state index is 12.4. The average molecular weight is 367 g/mol. The van der Waals surface area contributed by atoms with Gasteiger partial charge in [0.2, 0.25) is 5.76 Å². The van der Waals surface area contributed by atoms with Crippen LogP contribution in [0.2, 0.25) is 0 Å². The number of nitrogens with one attached hydrogen (secondary N) is 1. The Bertz CT molecular complexity index is 989. The first-order valence-corrected chi connectivity index (χ1v) is 8.53. The van der Waals surface area contributed by atoms with Gasteiger partial charge in [0.05, 0.1) is 6.61 Å². The maximum Gasteiger partial charge on any atom is 0.375 e. The van der Waals surface area contributed by atoms with Gasteiger partial charge in [0, 0.05) is 23.7 Å². The number of carbonyl (C=O) groups is 2. The summed E-state index contributed by atoms with van der Waals surface area (Å²) in [6.45, 7) is 3.68. The Hall–Kier alpha value is -3.12. The molecule has 0 unspecified atom stereocenters. The lowest BCUT2D eigenvalue weighted by atomic mass is 10.1. The van der Waals surface area contributed by atoms with E-state index in [-0.39, 0.29) is 12.4 Å². The predicted octanol–water partition coefficient (Wildman–Crippen LogP) is 3.99. The zero-order valence-corrected chi connectivity index (χ0v) is 15.5. The molecule has 0 aliphatic heterocycles. The Morgan fingerprint density at radius 2 is 1.89 bits per heavy atom. The van der Waals surface area contributed by atoms with Crippen molar-refractivity contribution in [2.24, 2.45) is 0 Å². The fourth-order valence-corrected chi connectivity index (χ4v) is 2.89. The third kappa shape index (κ3) is 4.17. The zero-order chi connectivity index (χ0) is 19.4. The molecule has 0 radical (unpaired) electrons. The number of hydrogen-bond acceptors (Lipinski definition) is 5. The first kappa shape index (κ1) is 18.7. The summed E-state index contributed by atoms with van der Waals surface area (Å²) in [5.74, 6) is -1.06. The number of methoxy groups -OCH3 is 1. The molecule has 1 heterocycles. The van der Waals surface area contributed by atoms with Crippen molar-refractivity contribution in [3.63, 3.8) is 0 Å². The summed E-state index contributed by atoms with van der Waals surface area (Å²) in [4.78, 5) is 24.6. The van der Waals surface area contributed by atoms with Crippen LogP contribution in [0.3, 0.4) is 0 Å². The number of hydrogen-bond donors (Lipinski definition) is 1. The van der Waals surface area contributed by atoms with Crippen molar-refractivity contribution in [2.45, 2.75) is 20.5 Å². The summed E-state index contributed by atoms with van der Waals surface area (Å²) in [7, 11) is 1.54. The van der Waals surface area contributed by atoms with E-state index in [1.165, 1.54) is 7.11 Å². The van der Waals surface area contributed by atoms with E-state index in [1.54, 1.807) is 6.07 Å². The van der Waals surface area contributed by atoms with E-state index >= 15 is 0 Å². The molecule has 140 valence electrons. The molecule has 0 saturated heterocycles. The molecule has 1 amide bonds. The van der Waals surface area contributed by atoms with Crippen molar-refractivity contribution >= 4 is 28.5 Å². The quantitative estimate of drug-likeness (QED) is 0.667. The highest BCUT2D eigenvalue weighted by Crippen LogP contribution is 2.27. The van der Waals surface area contributed by atoms with Gasteiger partial charge in [-0.2, -0.15) is 0 Å². The van der Waals surface area contributed by atoms with Crippen molar-refractivity contribution in [3.8, 4) is 0 Å². The van der Waals surface area contributed by atoms with Crippen LogP contribution in [0.5, 0.6) is 0 Å². The lowest BCUT2D eigenvalue weighted by Gasteiger charge is -2.09. The number of amides is 1. The number of esters is 1. The van der Waals surface area contributed by atoms with E-state index in [0.29, 0.717) is 16.8 Å². The average Bonchev–Trinajstić information content (AvgIpc) is 3.01. The summed E-state index contributed by atoms with van der Waals surface area (Å²) in [6.07, 6.45) is 0. The molecule has 3 rings (SSSR count). The van der Waals surface area contributed by atoms with E-state index < -0.39 is 18.5 Å². The number of furan rings is 1. The summed E-state index contributed by atoms with van der Waals surface area (Å²) >= 11 is 0. The van der Waals surface area contributed by atoms with E-state index in [1.807, 2.05) is 50.2 Å². The second-order valence-electron chi connectivity index (χ2n) is 6.28. The largest absolute Gasteiger partial charge is 0.450 e. The van der Waals surface area contributed by atoms with Crippen LogP contribution in [0.4, 0.5) is 5.69 Å². The van der Waals surface area contributed by atoms with Gasteiger partial charge in [0.1, 0.15) is 5.58 Å². The van der Waals surface area contributed by atoms with Gasteiger partial charge >= 0.3 is 5.97 Å². The summed E-state index contributed by atoms with van der Waals surface area (Å²) in [6, 6.07) is 13.0. The first-order chi connectivity index (χ1) is 13.0. The number of carbonyl (C=O) groups excluding carboxylic acids is 2. The zero-order valence-electron chi connectivity index (χ0n) is 15.5. The third-order valence-electron chi connectivity index (χ3n) is 4.16. The molecule has 3 aromatic rings. The second kappa shape index (κ2) is 8.05.